The zero-order valence-corrected chi connectivity index (χ0v) is 13.3. The van der Waals surface area contributed by atoms with E-state index in [1.807, 2.05) is 38.1 Å². The fraction of sp³-hybridized carbons (Fsp3) is 0.438. The van der Waals surface area contributed by atoms with Gasteiger partial charge >= 0.3 is 0 Å². The van der Waals surface area contributed by atoms with Crippen LogP contribution < -0.4 is 10.1 Å². The van der Waals surface area contributed by atoms with Crippen molar-refractivity contribution in [1.82, 2.24) is 10.3 Å². The molecule has 1 heterocycles. The minimum absolute atomic E-state index is 0.131. The number of carbonyl (C=O) groups excluding carboxylic acids is 1. The summed E-state index contributed by atoms with van der Waals surface area (Å²) in [5.41, 5.74) is 1.31. The SMILES string of the molecule is CC(C)COc1ccc(-c2nonc2NC(=O)C(C)C)cc1. The fourth-order valence-electron chi connectivity index (χ4n) is 1.69. The highest BCUT2D eigenvalue weighted by Crippen LogP contribution is 2.26. The standard InChI is InChI=1S/C16H21N3O3/c1-10(2)9-21-13-7-5-12(6-8-13)14-15(19-22-18-14)17-16(20)11(3)4/h5-8,10-11H,9H2,1-4H3,(H,17,19,20). The van der Waals surface area contributed by atoms with Crippen molar-refractivity contribution < 1.29 is 14.2 Å². The molecule has 0 aliphatic heterocycles. The summed E-state index contributed by atoms with van der Waals surface area (Å²) in [6, 6.07) is 7.45. The lowest BCUT2D eigenvalue weighted by Gasteiger charge is -2.09. The van der Waals surface area contributed by atoms with Gasteiger partial charge in [-0.3, -0.25) is 4.79 Å². The Bertz CT molecular complexity index is 618. The predicted molar refractivity (Wildman–Crippen MR) is 83.5 cm³/mol. The normalized spacial score (nSPS) is 11.0. The topological polar surface area (TPSA) is 77.2 Å². The summed E-state index contributed by atoms with van der Waals surface area (Å²) in [5, 5.41) is 10.3. The molecule has 0 fully saturated rings. The van der Waals surface area contributed by atoms with Crippen molar-refractivity contribution in [3.05, 3.63) is 24.3 Å². The Morgan fingerprint density at radius 3 is 2.45 bits per heavy atom. The number of aromatic nitrogens is 2. The van der Waals surface area contributed by atoms with E-state index in [0.717, 1.165) is 11.3 Å². The highest BCUT2D eigenvalue weighted by atomic mass is 16.6. The molecule has 118 valence electrons. The average molecular weight is 303 g/mol. The Morgan fingerprint density at radius 1 is 1.18 bits per heavy atom. The van der Waals surface area contributed by atoms with Crippen LogP contribution in [0.15, 0.2) is 28.9 Å². The highest BCUT2D eigenvalue weighted by Gasteiger charge is 2.16. The van der Waals surface area contributed by atoms with Crippen LogP contribution in [0, 0.1) is 11.8 Å². The van der Waals surface area contributed by atoms with E-state index < -0.39 is 0 Å². The molecular formula is C16H21N3O3. The van der Waals surface area contributed by atoms with Crippen LogP contribution in [0.4, 0.5) is 5.82 Å². The van der Waals surface area contributed by atoms with Crippen LogP contribution in [0.3, 0.4) is 0 Å². The van der Waals surface area contributed by atoms with E-state index in [0.29, 0.717) is 24.0 Å². The van der Waals surface area contributed by atoms with Crippen molar-refractivity contribution in [3.63, 3.8) is 0 Å². The second kappa shape index (κ2) is 7.06. The molecule has 1 aromatic carbocycles. The number of hydrogen-bond acceptors (Lipinski definition) is 5. The second-order valence-electron chi connectivity index (χ2n) is 5.83. The molecule has 6 heteroatoms. The van der Waals surface area contributed by atoms with Gasteiger partial charge in [-0.15, -0.1) is 0 Å². The highest BCUT2D eigenvalue weighted by molar-refractivity contribution is 5.94. The molecule has 6 nitrogen and oxygen atoms in total. The van der Waals surface area contributed by atoms with Gasteiger partial charge in [0.05, 0.1) is 6.61 Å². The quantitative estimate of drug-likeness (QED) is 0.885. The summed E-state index contributed by atoms with van der Waals surface area (Å²) in [4.78, 5) is 11.8. The predicted octanol–water partition coefficient (Wildman–Crippen LogP) is 3.37. The molecule has 1 aromatic heterocycles. The Balaban J connectivity index is 2.12. The maximum absolute atomic E-state index is 11.8. The third-order valence-corrected chi connectivity index (χ3v) is 2.97. The summed E-state index contributed by atoms with van der Waals surface area (Å²) in [7, 11) is 0. The molecular weight excluding hydrogens is 282 g/mol. The van der Waals surface area contributed by atoms with Gasteiger partial charge in [-0.1, -0.05) is 27.7 Å². The van der Waals surface area contributed by atoms with E-state index in [1.165, 1.54) is 0 Å². The summed E-state index contributed by atoms with van der Waals surface area (Å²) < 4.78 is 10.4. The minimum atomic E-state index is -0.142. The molecule has 0 bridgehead atoms. The number of ether oxygens (including phenoxy) is 1. The monoisotopic (exact) mass is 303 g/mol. The van der Waals surface area contributed by atoms with Crippen LogP contribution in [0.1, 0.15) is 27.7 Å². The first kappa shape index (κ1) is 16.0. The summed E-state index contributed by atoms with van der Waals surface area (Å²) in [6.07, 6.45) is 0. The van der Waals surface area contributed by atoms with Crippen LogP contribution in [0.25, 0.3) is 11.3 Å². The summed E-state index contributed by atoms with van der Waals surface area (Å²) in [5.74, 6) is 1.32. The molecule has 0 aliphatic rings. The van der Waals surface area contributed by atoms with Gasteiger partial charge in [-0.25, -0.2) is 4.63 Å². The summed E-state index contributed by atoms with van der Waals surface area (Å²) in [6.45, 7) is 8.48. The average Bonchev–Trinajstić information content (AvgIpc) is 2.93. The first-order chi connectivity index (χ1) is 10.5. The number of nitrogens with zero attached hydrogens (tertiary/aromatic N) is 2. The molecule has 0 aliphatic carbocycles. The van der Waals surface area contributed by atoms with Crippen LogP contribution in [-0.2, 0) is 4.79 Å². The van der Waals surface area contributed by atoms with Crippen molar-refractivity contribution in [2.45, 2.75) is 27.7 Å². The van der Waals surface area contributed by atoms with Crippen molar-refractivity contribution in [2.75, 3.05) is 11.9 Å². The molecule has 1 amide bonds. The van der Waals surface area contributed by atoms with Crippen LogP contribution >= 0.6 is 0 Å². The Hall–Kier alpha value is -2.37. The Morgan fingerprint density at radius 2 is 1.86 bits per heavy atom. The summed E-state index contributed by atoms with van der Waals surface area (Å²) >= 11 is 0. The second-order valence-corrected chi connectivity index (χ2v) is 5.83. The minimum Gasteiger partial charge on any atom is -0.493 e. The van der Waals surface area contributed by atoms with E-state index in [4.69, 9.17) is 9.37 Å². The van der Waals surface area contributed by atoms with Crippen LogP contribution in [0.5, 0.6) is 5.75 Å². The first-order valence-electron chi connectivity index (χ1n) is 7.34. The van der Waals surface area contributed by atoms with Crippen LogP contribution in [0.2, 0.25) is 0 Å². The lowest BCUT2D eigenvalue weighted by atomic mass is 10.1. The van der Waals surface area contributed by atoms with E-state index >= 15 is 0 Å². The van der Waals surface area contributed by atoms with Gasteiger partial charge in [0, 0.05) is 11.5 Å². The molecule has 0 atom stereocenters. The molecule has 0 spiro atoms. The maximum Gasteiger partial charge on any atom is 0.228 e. The number of nitrogens with one attached hydrogen (secondary N) is 1. The van der Waals surface area contributed by atoms with Gasteiger partial charge in [0.25, 0.3) is 0 Å². The maximum atomic E-state index is 11.8. The van der Waals surface area contributed by atoms with Gasteiger partial charge < -0.3 is 10.1 Å². The van der Waals surface area contributed by atoms with Crippen molar-refractivity contribution >= 4 is 11.7 Å². The number of amides is 1. The van der Waals surface area contributed by atoms with Crippen LogP contribution in [-0.4, -0.2) is 22.8 Å². The van der Waals surface area contributed by atoms with Gasteiger partial charge in [-0.2, -0.15) is 0 Å². The number of carbonyl (C=O) groups is 1. The van der Waals surface area contributed by atoms with E-state index in [-0.39, 0.29) is 11.8 Å². The molecule has 0 saturated heterocycles. The number of hydrogen-bond donors (Lipinski definition) is 1. The third kappa shape index (κ3) is 4.07. The zero-order valence-electron chi connectivity index (χ0n) is 13.3. The fourth-order valence-corrected chi connectivity index (χ4v) is 1.69. The molecule has 1 N–H and O–H groups in total. The largest absolute Gasteiger partial charge is 0.493 e. The van der Waals surface area contributed by atoms with Crippen molar-refractivity contribution in [2.24, 2.45) is 11.8 Å². The lowest BCUT2D eigenvalue weighted by Crippen LogP contribution is -2.18. The number of anilines is 1. The van der Waals surface area contributed by atoms with Gasteiger partial charge in [-0.05, 0) is 40.5 Å². The van der Waals surface area contributed by atoms with Gasteiger partial charge in [0.1, 0.15) is 5.75 Å². The smallest absolute Gasteiger partial charge is 0.228 e. The molecule has 0 saturated carbocycles. The van der Waals surface area contributed by atoms with Gasteiger partial charge in [0.15, 0.2) is 5.69 Å². The Kier molecular flexibility index (Phi) is 5.14. The molecule has 2 aromatic rings. The third-order valence-electron chi connectivity index (χ3n) is 2.97. The first-order valence-corrected chi connectivity index (χ1v) is 7.34. The van der Waals surface area contributed by atoms with E-state index in [2.05, 4.69) is 29.5 Å². The number of benzene rings is 1. The zero-order chi connectivity index (χ0) is 16.1. The van der Waals surface area contributed by atoms with Crippen molar-refractivity contribution in [3.8, 4) is 17.0 Å². The van der Waals surface area contributed by atoms with Gasteiger partial charge in [0.2, 0.25) is 11.7 Å². The Labute approximate surface area is 129 Å². The van der Waals surface area contributed by atoms with E-state index in [1.54, 1.807) is 0 Å². The molecule has 2 rings (SSSR count). The van der Waals surface area contributed by atoms with Crippen molar-refractivity contribution in [1.29, 1.82) is 0 Å². The lowest BCUT2D eigenvalue weighted by molar-refractivity contribution is -0.118. The number of rotatable bonds is 6. The molecule has 0 radical (unpaired) electrons. The molecule has 22 heavy (non-hydrogen) atoms. The molecule has 0 unspecified atom stereocenters. The van der Waals surface area contributed by atoms with E-state index in [9.17, 15) is 4.79 Å².